The molecule has 0 bridgehead atoms. The Morgan fingerprint density at radius 3 is 2.10 bits per heavy atom. The molecule has 10 heavy (non-hydrogen) atoms. The molecule has 0 saturated carbocycles. The molecule has 1 unspecified atom stereocenters. The Bertz CT molecular complexity index is 152. The fourth-order valence-corrected chi connectivity index (χ4v) is 2.03. The number of carboxylic acid groups (broad SMARTS) is 1. The number of hydrogen-bond donors (Lipinski definition) is 1. The summed E-state index contributed by atoms with van der Waals surface area (Å²) in [5.74, 6) is -0.851. The predicted octanol–water partition coefficient (Wildman–Crippen LogP) is 1.77. The van der Waals surface area contributed by atoms with E-state index in [9.17, 15) is 4.79 Å². The Morgan fingerprint density at radius 1 is 1.60 bits per heavy atom. The number of rotatable bonds is 3. The van der Waals surface area contributed by atoms with Crippen molar-refractivity contribution in [1.82, 2.24) is 0 Å². The molecule has 2 nitrogen and oxygen atoms in total. The van der Waals surface area contributed by atoms with Gasteiger partial charge in [0, 0.05) is 0 Å². The summed E-state index contributed by atoms with van der Waals surface area (Å²) in [6, 6.07) is 0. The van der Waals surface area contributed by atoms with Crippen molar-refractivity contribution < 1.29 is 9.90 Å². The first-order chi connectivity index (χ1) is 4.46. The van der Waals surface area contributed by atoms with Crippen LogP contribution in [0.1, 0.15) is 6.92 Å². The van der Waals surface area contributed by atoms with Gasteiger partial charge in [-0.1, -0.05) is 0 Å². The van der Waals surface area contributed by atoms with Crippen LogP contribution in [0, 0.1) is 0 Å². The van der Waals surface area contributed by atoms with E-state index in [0.717, 1.165) is 0 Å². The first-order valence-corrected chi connectivity index (χ1v) is 7.89. The van der Waals surface area contributed by atoms with Gasteiger partial charge in [-0.2, -0.15) is 0 Å². The van der Waals surface area contributed by atoms with Crippen LogP contribution in [-0.2, 0) is 4.79 Å². The zero-order valence-electron chi connectivity index (χ0n) is 6.59. The van der Waals surface area contributed by atoms with Crippen molar-refractivity contribution >= 4 is 20.6 Å². The normalized spacial score (nSPS) is 13.2. The number of carbonyl (C=O) groups is 1. The van der Waals surface area contributed by atoms with Crippen molar-refractivity contribution in [2.75, 3.05) is 0 Å². The van der Waals surface area contributed by atoms with E-state index in [1.54, 1.807) is 0 Å². The molecule has 58 valence electrons. The molecule has 0 aromatic heterocycles. The Balaban J connectivity index is 4.08. The molecule has 0 radical (unpaired) electrons. The molecule has 0 rings (SSSR count). The van der Waals surface area contributed by atoms with Crippen molar-refractivity contribution in [2.45, 2.75) is 23.1 Å². The molecule has 0 aliphatic heterocycles. The Hall–Kier alpha value is -0.232. The van der Waals surface area contributed by atoms with E-state index in [1.807, 2.05) is 6.92 Å². The van der Waals surface area contributed by atoms with Gasteiger partial charge in [0.1, 0.15) is 0 Å². The van der Waals surface area contributed by atoms with E-state index in [4.69, 9.17) is 5.11 Å². The predicted molar refractivity (Wildman–Crippen MR) is 43.7 cm³/mol. The molecule has 0 saturated heterocycles. The fraction of sp³-hybridized carbons (Fsp3) is 0.571. The third-order valence-corrected chi connectivity index (χ3v) is 5.46. The van der Waals surface area contributed by atoms with Crippen LogP contribution in [-0.4, -0.2) is 25.7 Å². The van der Waals surface area contributed by atoms with Gasteiger partial charge in [-0.25, -0.2) is 0 Å². The molecule has 0 aliphatic carbocycles. The van der Waals surface area contributed by atoms with Gasteiger partial charge < -0.3 is 0 Å². The van der Waals surface area contributed by atoms with Crippen molar-refractivity contribution in [2.24, 2.45) is 0 Å². The maximum atomic E-state index is 10.4. The third kappa shape index (κ3) is 2.57. The van der Waals surface area contributed by atoms with E-state index in [0.29, 0.717) is 5.57 Å². The topological polar surface area (TPSA) is 37.3 Å². The molecule has 0 fully saturated rings. The van der Waals surface area contributed by atoms with Crippen molar-refractivity contribution in [3.8, 4) is 0 Å². The summed E-state index contributed by atoms with van der Waals surface area (Å²) in [6.45, 7) is 5.45. The molecule has 0 aliphatic rings. The molecule has 0 aromatic carbocycles. The average molecular weight is 204 g/mol. The Morgan fingerprint density at radius 2 is 2.00 bits per heavy atom. The van der Waals surface area contributed by atoms with Crippen molar-refractivity contribution in [3.05, 3.63) is 12.2 Å². The second-order valence-electron chi connectivity index (χ2n) is 2.47. The Kier molecular flexibility index (Phi) is 3.73. The molecule has 0 amide bonds. The molecular formula is C7H13AsO2. The van der Waals surface area contributed by atoms with Crippen LogP contribution in [0.4, 0.5) is 0 Å². The minimum atomic E-state index is -0.919. The summed E-state index contributed by atoms with van der Waals surface area (Å²) >= 11 is -0.919. The van der Waals surface area contributed by atoms with Crippen LogP contribution in [0.3, 0.4) is 0 Å². The van der Waals surface area contributed by atoms with Crippen molar-refractivity contribution in [3.63, 3.8) is 0 Å². The van der Waals surface area contributed by atoms with Crippen LogP contribution < -0.4 is 0 Å². The molecule has 1 atom stereocenters. The van der Waals surface area contributed by atoms with E-state index in [2.05, 4.69) is 18.0 Å². The monoisotopic (exact) mass is 204 g/mol. The first kappa shape index (κ1) is 9.77. The van der Waals surface area contributed by atoms with E-state index in [-0.39, 0.29) is 4.71 Å². The third-order valence-electron chi connectivity index (χ3n) is 1.55. The summed E-state index contributed by atoms with van der Waals surface area (Å²) < 4.78 is 0.213. The van der Waals surface area contributed by atoms with Crippen LogP contribution in [0.5, 0.6) is 0 Å². The second kappa shape index (κ2) is 3.82. The van der Waals surface area contributed by atoms with Gasteiger partial charge in [0.15, 0.2) is 0 Å². The van der Waals surface area contributed by atoms with Gasteiger partial charge in [0.05, 0.1) is 0 Å². The van der Waals surface area contributed by atoms with E-state index < -0.39 is 20.6 Å². The summed E-state index contributed by atoms with van der Waals surface area (Å²) in [4.78, 5) is 10.4. The van der Waals surface area contributed by atoms with Crippen LogP contribution in [0.2, 0.25) is 16.1 Å². The van der Waals surface area contributed by atoms with Gasteiger partial charge in [-0.05, 0) is 0 Å². The summed E-state index contributed by atoms with van der Waals surface area (Å²) in [6.07, 6.45) is 0. The van der Waals surface area contributed by atoms with Crippen LogP contribution in [0.15, 0.2) is 12.2 Å². The molecule has 0 heterocycles. The molecule has 0 aromatic rings. The molecular weight excluding hydrogens is 191 g/mol. The standard InChI is InChI=1S/C7H13AsO2/c1-5(7(9)10)6(2)8(3)4/h6H,1H2,2-4H3,(H,9,10). The number of aliphatic carboxylic acids is 1. The van der Waals surface area contributed by atoms with Crippen LogP contribution >= 0.6 is 0 Å². The van der Waals surface area contributed by atoms with Crippen LogP contribution in [0.25, 0.3) is 0 Å². The van der Waals surface area contributed by atoms with Gasteiger partial charge in [0.25, 0.3) is 0 Å². The summed E-state index contributed by atoms with van der Waals surface area (Å²) in [5, 5.41) is 8.53. The zero-order chi connectivity index (χ0) is 8.31. The molecule has 0 spiro atoms. The SMILES string of the molecule is C=C(C(=O)O)C(C)[As](C)C. The summed E-state index contributed by atoms with van der Waals surface area (Å²) in [7, 11) is 0. The van der Waals surface area contributed by atoms with E-state index in [1.165, 1.54) is 0 Å². The first-order valence-electron chi connectivity index (χ1n) is 3.05. The van der Waals surface area contributed by atoms with Gasteiger partial charge in [0.2, 0.25) is 0 Å². The second-order valence-corrected chi connectivity index (χ2v) is 8.14. The summed E-state index contributed by atoms with van der Waals surface area (Å²) in [5.41, 5.74) is 4.63. The minimum absolute atomic E-state index is 0.213. The zero-order valence-corrected chi connectivity index (χ0v) is 8.46. The number of hydrogen-bond acceptors (Lipinski definition) is 1. The molecule has 1 N–H and O–H groups in total. The van der Waals surface area contributed by atoms with Crippen molar-refractivity contribution in [1.29, 1.82) is 0 Å². The fourth-order valence-electron chi connectivity index (χ4n) is 0.490. The maximum absolute atomic E-state index is 10.4. The quantitative estimate of drug-likeness (QED) is 0.561. The average Bonchev–Trinajstić information content (AvgIpc) is 1.84. The van der Waals surface area contributed by atoms with E-state index >= 15 is 0 Å². The van der Waals surface area contributed by atoms with Gasteiger partial charge >= 0.3 is 65.7 Å². The Labute approximate surface area is 66.2 Å². The number of carboxylic acids is 1. The van der Waals surface area contributed by atoms with Gasteiger partial charge in [-0.3, -0.25) is 0 Å². The van der Waals surface area contributed by atoms with Gasteiger partial charge in [-0.15, -0.1) is 0 Å². The molecule has 3 heteroatoms.